The van der Waals surface area contributed by atoms with Crippen LogP contribution < -0.4 is 16.2 Å². The first-order chi connectivity index (χ1) is 20.1. The van der Waals surface area contributed by atoms with Crippen LogP contribution in [0.15, 0.2) is 76.7 Å². The van der Waals surface area contributed by atoms with E-state index < -0.39 is 0 Å². The maximum atomic E-state index is 14.0. The lowest BCUT2D eigenvalue weighted by Gasteiger charge is -2.23. The summed E-state index contributed by atoms with van der Waals surface area (Å²) >= 11 is 2.77. The number of aromatic nitrogens is 6. The zero-order valence-corrected chi connectivity index (χ0v) is 23.9. The molecule has 9 nitrogen and oxygen atoms in total. The van der Waals surface area contributed by atoms with Crippen molar-refractivity contribution in [1.29, 1.82) is 0 Å². The average Bonchev–Trinajstić information content (AvgIpc) is 3.74. The van der Waals surface area contributed by atoms with E-state index in [1.165, 1.54) is 28.4 Å². The van der Waals surface area contributed by atoms with E-state index >= 15 is 0 Å². The van der Waals surface area contributed by atoms with Crippen molar-refractivity contribution >= 4 is 45.5 Å². The molecule has 0 atom stereocenters. The van der Waals surface area contributed by atoms with Crippen molar-refractivity contribution in [3.63, 3.8) is 0 Å². The molecule has 204 valence electrons. The molecule has 0 amide bonds. The second-order valence-electron chi connectivity index (χ2n) is 10.1. The number of nitrogens with zero attached hydrogens (tertiary/aromatic N) is 6. The van der Waals surface area contributed by atoms with Crippen molar-refractivity contribution in [2.24, 2.45) is 0 Å². The zero-order valence-electron chi connectivity index (χ0n) is 22.2. The van der Waals surface area contributed by atoms with E-state index in [4.69, 9.17) is 4.98 Å². The lowest BCUT2D eigenvalue weighted by molar-refractivity contribution is 0.460. The Balaban J connectivity index is 1.27. The Hall–Kier alpha value is -4.32. The quantitative estimate of drug-likeness (QED) is 0.250. The molecule has 0 aliphatic carbocycles. The van der Waals surface area contributed by atoms with Gasteiger partial charge in [0, 0.05) is 51.6 Å². The molecule has 6 aromatic rings. The van der Waals surface area contributed by atoms with Gasteiger partial charge >= 0.3 is 0 Å². The van der Waals surface area contributed by atoms with Crippen molar-refractivity contribution < 1.29 is 0 Å². The Morgan fingerprint density at radius 3 is 2.59 bits per heavy atom. The molecule has 5 aromatic heterocycles. The summed E-state index contributed by atoms with van der Waals surface area (Å²) in [7, 11) is 0. The van der Waals surface area contributed by atoms with E-state index in [0.29, 0.717) is 28.2 Å². The maximum absolute atomic E-state index is 14.0. The number of rotatable bonds is 6. The minimum absolute atomic E-state index is 0.210. The van der Waals surface area contributed by atoms with Gasteiger partial charge in [0.05, 0.1) is 17.5 Å². The molecule has 2 N–H and O–H groups in total. The highest BCUT2D eigenvalue weighted by Gasteiger charge is 2.19. The van der Waals surface area contributed by atoms with Crippen molar-refractivity contribution in [3.8, 4) is 27.5 Å². The van der Waals surface area contributed by atoms with Gasteiger partial charge in [0.2, 0.25) is 5.95 Å². The second-order valence-corrected chi connectivity index (χ2v) is 11.6. The number of nitrogens with one attached hydrogen (secondary N) is 2. The number of anilines is 2. The van der Waals surface area contributed by atoms with Crippen LogP contribution in [0.1, 0.15) is 29.9 Å². The van der Waals surface area contributed by atoms with Gasteiger partial charge in [0.1, 0.15) is 0 Å². The highest BCUT2D eigenvalue weighted by molar-refractivity contribution is 7.12. The van der Waals surface area contributed by atoms with Crippen LogP contribution in [0.3, 0.4) is 0 Å². The van der Waals surface area contributed by atoms with Crippen LogP contribution in [0.4, 0.5) is 11.6 Å². The van der Waals surface area contributed by atoms with E-state index in [1.807, 2.05) is 29.8 Å². The largest absolute Gasteiger partial charge is 0.324 e. The van der Waals surface area contributed by atoms with Crippen LogP contribution in [0.5, 0.6) is 0 Å². The SMILES string of the molecule is Cc1cc(-c2cnsc2)ncc1-c1cc2cnc(Nc3ccc(C4CCNCC4)cc3)nc2n(-c2nccs2)c1=O. The lowest BCUT2D eigenvalue weighted by Crippen LogP contribution is -2.26. The number of piperidine rings is 1. The van der Waals surface area contributed by atoms with Crippen molar-refractivity contribution in [3.05, 3.63) is 93.4 Å². The van der Waals surface area contributed by atoms with E-state index in [9.17, 15) is 4.79 Å². The fraction of sp³-hybridized carbons (Fsp3) is 0.200. The normalized spacial score (nSPS) is 14.0. The Morgan fingerprint density at radius 1 is 1.00 bits per heavy atom. The van der Waals surface area contributed by atoms with Crippen LogP contribution in [-0.2, 0) is 0 Å². The molecule has 0 saturated carbocycles. The summed E-state index contributed by atoms with van der Waals surface area (Å²) in [5.74, 6) is 1.00. The number of aryl methyl sites for hydroxylation is 1. The summed E-state index contributed by atoms with van der Waals surface area (Å²) in [6.45, 7) is 4.11. The van der Waals surface area contributed by atoms with Crippen LogP contribution >= 0.6 is 22.9 Å². The number of fused-ring (bicyclic) bond motifs is 1. The predicted molar refractivity (Wildman–Crippen MR) is 164 cm³/mol. The van der Waals surface area contributed by atoms with Gasteiger partial charge in [-0.3, -0.25) is 9.78 Å². The summed E-state index contributed by atoms with van der Waals surface area (Å²) in [5, 5.41) is 11.8. The first kappa shape index (κ1) is 25.6. The van der Waals surface area contributed by atoms with Gasteiger partial charge in [0.25, 0.3) is 5.56 Å². The third kappa shape index (κ3) is 5.03. The number of thiazole rings is 1. The van der Waals surface area contributed by atoms with Crippen molar-refractivity contribution in [2.75, 3.05) is 18.4 Å². The molecule has 1 aromatic carbocycles. The molecule has 1 aliphatic rings. The molecule has 0 bridgehead atoms. The van der Waals surface area contributed by atoms with Gasteiger partial charge in [-0.2, -0.15) is 4.98 Å². The monoisotopic (exact) mass is 578 g/mol. The Labute approximate surface area is 244 Å². The molecule has 0 radical (unpaired) electrons. The van der Waals surface area contributed by atoms with Gasteiger partial charge in [-0.15, -0.1) is 11.3 Å². The van der Waals surface area contributed by atoms with Crippen LogP contribution in [0.25, 0.3) is 38.5 Å². The van der Waals surface area contributed by atoms with Crippen molar-refractivity contribution in [1.82, 2.24) is 34.2 Å². The summed E-state index contributed by atoms with van der Waals surface area (Å²) in [6.07, 6.45) is 9.29. The molecule has 0 spiro atoms. The van der Waals surface area contributed by atoms with Gasteiger partial charge < -0.3 is 10.6 Å². The number of hydrogen-bond donors (Lipinski definition) is 2. The fourth-order valence-electron chi connectivity index (χ4n) is 5.30. The summed E-state index contributed by atoms with van der Waals surface area (Å²) in [6, 6.07) is 12.3. The number of benzene rings is 1. The Bertz CT molecular complexity index is 1880. The van der Waals surface area contributed by atoms with Crippen LogP contribution in [0, 0.1) is 6.92 Å². The van der Waals surface area contributed by atoms with Gasteiger partial charge in [0.15, 0.2) is 10.8 Å². The minimum atomic E-state index is -0.210. The molecule has 1 aliphatic heterocycles. The predicted octanol–water partition coefficient (Wildman–Crippen LogP) is 5.94. The van der Waals surface area contributed by atoms with E-state index in [0.717, 1.165) is 59.4 Å². The highest BCUT2D eigenvalue weighted by Crippen LogP contribution is 2.30. The maximum Gasteiger partial charge on any atom is 0.266 e. The molecule has 7 rings (SSSR count). The lowest BCUT2D eigenvalue weighted by atomic mass is 9.90. The fourth-order valence-corrected chi connectivity index (χ4v) is 6.47. The van der Waals surface area contributed by atoms with E-state index in [1.54, 1.807) is 29.4 Å². The summed E-state index contributed by atoms with van der Waals surface area (Å²) < 4.78 is 5.74. The van der Waals surface area contributed by atoms with Crippen LogP contribution in [0.2, 0.25) is 0 Å². The summed E-state index contributed by atoms with van der Waals surface area (Å²) in [5.41, 5.74) is 6.52. The number of hydrogen-bond acceptors (Lipinski definition) is 10. The highest BCUT2D eigenvalue weighted by atomic mass is 32.1. The molecule has 6 heterocycles. The molecule has 11 heteroatoms. The molecular weight excluding hydrogens is 553 g/mol. The topological polar surface area (TPSA) is 111 Å². The zero-order chi connectivity index (χ0) is 27.8. The Kier molecular flexibility index (Phi) is 6.83. The van der Waals surface area contributed by atoms with E-state index in [2.05, 4.69) is 54.2 Å². The van der Waals surface area contributed by atoms with Gasteiger partial charge in [-0.25, -0.2) is 18.9 Å². The first-order valence-corrected chi connectivity index (χ1v) is 15.1. The average molecular weight is 579 g/mol. The van der Waals surface area contributed by atoms with Gasteiger partial charge in [-0.05, 0) is 85.7 Å². The molecular formula is C30H26N8OS2. The second kappa shape index (κ2) is 10.9. The third-order valence-corrected chi connectivity index (χ3v) is 8.80. The molecule has 0 unspecified atom stereocenters. The third-order valence-electron chi connectivity index (χ3n) is 7.46. The number of pyridine rings is 2. The van der Waals surface area contributed by atoms with Crippen LogP contribution in [-0.4, -0.2) is 42.0 Å². The van der Waals surface area contributed by atoms with E-state index in [-0.39, 0.29) is 5.56 Å². The van der Waals surface area contributed by atoms with Gasteiger partial charge in [-0.1, -0.05) is 12.1 Å². The Morgan fingerprint density at radius 2 is 1.85 bits per heavy atom. The summed E-state index contributed by atoms with van der Waals surface area (Å²) in [4.78, 5) is 32.5. The van der Waals surface area contributed by atoms with Crippen molar-refractivity contribution in [2.45, 2.75) is 25.7 Å². The molecule has 1 saturated heterocycles. The first-order valence-electron chi connectivity index (χ1n) is 13.4. The minimum Gasteiger partial charge on any atom is -0.324 e. The standard InChI is InChI=1S/C30H26N8OS2/c1-18-12-26(22-15-35-41-17-22)33-16-25(18)24-13-21-14-34-29(37-27(21)38(28(24)39)30-32-10-11-40-30)36-23-4-2-19(3-5-23)20-6-8-31-9-7-20/h2-5,10-17,20,31H,6-9H2,1H3,(H,34,36,37). The smallest absolute Gasteiger partial charge is 0.266 e. The molecule has 1 fully saturated rings. The molecule has 41 heavy (non-hydrogen) atoms.